The molecule has 0 unspecified atom stereocenters. The standard InChI is InChI=1S/C11H9F5N4O2/c1-20-9(22-8-3-6(21-2)5-17-18-8)4-7(19-20)10(12,13)11(14,15)16/h3-5H,1-2H3. The van der Waals surface area contributed by atoms with E-state index < -0.39 is 17.8 Å². The van der Waals surface area contributed by atoms with Crippen LogP contribution in [0.25, 0.3) is 0 Å². The summed E-state index contributed by atoms with van der Waals surface area (Å²) >= 11 is 0. The summed E-state index contributed by atoms with van der Waals surface area (Å²) in [4.78, 5) is 0. The molecule has 0 bridgehead atoms. The summed E-state index contributed by atoms with van der Waals surface area (Å²) in [5.41, 5.74) is -1.48. The molecule has 0 aliphatic heterocycles. The monoisotopic (exact) mass is 324 g/mol. The van der Waals surface area contributed by atoms with Crippen LogP contribution >= 0.6 is 0 Å². The van der Waals surface area contributed by atoms with Crippen LogP contribution in [0.4, 0.5) is 22.0 Å². The summed E-state index contributed by atoms with van der Waals surface area (Å²) in [5.74, 6) is -5.33. The van der Waals surface area contributed by atoms with Gasteiger partial charge in [0.2, 0.25) is 11.8 Å². The summed E-state index contributed by atoms with van der Waals surface area (Å²) in [6.45, 7) is 0. The molecule has 0 fully saturated rings. The average Bonchev–Trinajstić information content (AvgIpc) is 2.80. The van der Waals surface area contributed by atoms with E-state index >= 15 is 0 Å². The number of aromatic nitrogens is 4. The second kappa shape index (κ2) is 5.39. The van der Waals surface area contributed by atoms with Gasteiger partial charge in [-0.3, -0.25) is 0 Å². The van der Waals surface area contributed by atoms with Crippen molar-refractivity contribution < 1.29 is 31.4 Å². The molecule has 0 aliphatic carbocycles. The summed E-state index contributed by atoms with van der Waals surface area (Å²) in [7, 11) is 2.51. The van der Waals surface area contributed by atoms with Gasteiger partial charge < -0.3 is 9.47 Å². The molecule has 0 amide bonds. The van der Waals surface area contributed by atoms with Crippen molar-refractivity contribution in [3.8, 4) is 17.5 Å². The molecule has 0 saturated heterocycles. The summed E-state index contributed by atoms with van der Waals surface area (Å²) in [6, 6.07) is 1.76. The minimum Gasteiger partial charge on any atom is -0.495 e. The fourth-order valence-electron chi connectivity index (χ4n) is 1.44. The van der Waals surface area contributed by atoms with Gasteiger partial charge in [0.25, 0.3) is 0 Å². The van der Waals surface area contributed by atoms with Crippen LogP contribution in [0.2, 0.25) is 0 Å². The predicted molar refractivity (Wildman–Crippen MR) is 61.8 cm³/mol. The van der Waals surface area contributed by atoms with Gasteiger partial charge in [0, 0.05) is 19.2 Å². The molecule has 11 heteroatoms. The van der Waals surface area contributed by atoms with Crippen LogP contribution in [0.1, 0.15) is 5.69 Å². The maximum Gasteiger partial charge on any atom is 0.459 e. The highest BCUT2D eigenvalue weighted by Gasteiger charge is 2.60. The zero-order valence-electron chi connectivity index (χ0n) is 11.2. The lowest BCUT2D eigenvalue weighted by atomic mass is 10.2. The first kappa shape index (κ1) is 15.9. The van der Waals surface area contributed by atoms with Crippen LogP contribution in [0.5, 0.6) is 17.5 Å². The van der Waals surface area contributed by atoms with Crippen molar-refractivity contribution in [2.75, 3.05) is 7.11 Å². The zero-order chi connectivity index (χ0) is 16.5. The average molecular weight is 324 g/mol. The minimum absolute atomic E-state index is 0.149. The number of rotatable bonds is 4. The molecule has 0 aromatic carbocycles. The molecule has 120 valence electrons. The molecule has 0 atom stereocenters. The largest absolute Gasteiger partial charge is 0.495 e. The summed E-state index contributed by atoms with van der Waals surface area (Å²) in [6.07, 6.45) is -4.49. The molecule has 0 saturated carbocycles. The van der Waals surface area contributed by atoms with Crippen LogP contribution in [0.15, 0.2) is 18.3 Å². The van der Waals surface area contributed by atoms with Crippen molar-refractivity contribution in [3.05, 3.63) is 24.0 Å². The first-order chi connectivity index (χ1) is 10.1. The van der Waals surface area contributed by atoms with E-state index in [2.05, 4.69) is 15.3 Å². The van der Waals surface area contributed by atoms with Crippen LogP contribution < -0.4 is 9.47 Å². The van der Waals surface area contributed by atoms with Crippen molar-refractivity contribution in [2.24, 2.45) is 7.05 Å². The molecule has 6 nitrogen and oxygen atoms in total. The second-order valence-electron chi connectivity index (χ2n) is 4.10. The van der Waals surface area contributed by atoms with Crippen molar-refractivity contribution in [1.82, 2.24) is 20.0 Å². The van der Waals surface area contributed by atoms with Crippen LogP contribution in [-0.4, -0.2) is 33.3 Å². The Bertz CT molecular complexity index is 671. The SMILES string of the molecule is COc1cnnc(Oc2cc(C(F)(F)C(F)(F)F)nn2C)c1. The van der Waals surface area contributed by atoms with Gasteiger partial charge in [-0.25, -0.2) is 4.68 Å². The molecule has 0 radical (unpaired) electrons. The second-order valence-corrected chi connectivity index (χ2v) is 4.10. The third kappa shape index (κ3) is 2.92. The van der Waals surface area contributed by atoms with E-state index in [4.69, 9.17) is 9.47 Å². The number of ether oxygens (including phenoxy) is 2. The highest BCUT2D eigenvalue weighted by molar-refractivity contribution is 5.28. The highest BCUT2D eigenvalue weighted by Crippen LogP contribution is 2.44. The van der Waals surface area contributed by atoms with Gasteiger partial charge in [-0.1, -0.05) is 0 Å². The van der Waals surface area contributed by atoms with E-state index in [-0.39, 0.29) is 17.5 Å². The number of methoxy groups -OCH3 is 1. The topological polar surface area (TPSA) is 62.1 Å². The molecule has 22 heavy (non-hydrogen) atoms. The molecule has 2 rings (SSSR count). The third-order valence-electron chi connectivity index (χ3n) is 2.57. The molecule has 2 heterocycles. The van der Waals surface area contributed by atoms with E-state index in [1.54, 1.807) is 0 Å². The van der Waals surface area contributed by atoms with E-state index in [0.29, 0.717) is 6.07 Å². The Labute approximate surface area is 120 Å². The maximum absolute atomic E-state index is 13.2. The molecule has 0 N–H and O–H groups in total. The highest BCUT2D eigenvalue weighted by atomic mass is 19.4. The quantitative estimate of drug-likeness (QED) is 0.809. The Morgan fingerprint density at radius 3 is 2.41 bits per heavy atom. The zero-order valence-corrected chi connectivity index (χ0v) is 11.2. The van der Waals surface area contributed by atoms with Crippen molar-refractivity contribution in [3.63, 3.8) is 0 Å². The maximum atomic E-state index is 13.2. The van der Waals surface area contributed by atoms with Crippen molar-refractivity contribution in [2.45, 2.75) is 12.1 Å². The molecule has 2 aromatic rings. The number of alkyl halides is 5. The van der Waals surface area contributed by atoms with Gasteiger partial charge in [-0.05, 0) is 0 Å². The van der Waals surface area contributed by atoms with Gasteiger partial charge in [0.1, 0.15) is 11.4 Å². The summed E-state index contributed by atoms with van der Waals surface area (Å²) < 4.78 is 74.0. The van der Waals surface area contributed by atoms with E-state index in [0.717, 1.165) is 11.7 Å². The molecule has 0 aliphatic rings. The van der Waals surface area contributed by atoms with Crippen LogP contribution in [0.3, 0.4) is 0 Å². The lowest BCUT2D eigenvalue weighted by molar-refractivity contribution is -0.291. The van der Waals surface area contributed by atoms with Gasteiger partial charge in [-0.2, -0.15) is 32.1 Å². The molecule has 0 spiro atoms. The number of nitrogens with zero attached hydrogens (tertiary/aromatic N) is 4. The normalized spacial score (nSPS) is 12.3. The van der Waals surface area contributed by atoms with Crippen molar-refractivity contribution in [1.29, 1.82) is 0 Å². The van der Waals surface area contributed by atoms with Crippen molar-refractivity contribution >= 4 is 0 Å². The lowest BCUT2D eigenvalue weighted by Gasteiger charge is -2.16. The first-order valence-electron chi connectivity index (χ1n) is 5.69. The number of halogens is 5. The fraction of sp³-hybridized carbons (Fsp3) is 0.364. The minimum atomic E-state index is -5.76. The molecular weight excluding hydrogens is 315 g/mol. The predicted octanol–water partition coefficient (Wildman–Crippen LogP) is 2.67. The van der Waals surface area contributed by atoms with Gasteiger partial charge in [0.05, 0.1) is 13.3 Å². The smallest absolute Gasteiger partial charge is 0.459 e. The van der Waals surface area contributed by atoms with Gasteiger partial charge in [0.15, 0.2) is 0 Å². The van der Waals surface area contributed by atoms with Crippen LogP contribution in [-0.2, 0) is 13.0 Å². The molecular formula is C11H9F5N4O2. The fourth-order valence-corrected chi connectivity index (χ4v) is 1.44. The van der Waals surface area contributed by atoms with E-state index in [1.807, 2.05) is 0 Å². The Hall–Kier alpha value is -2.46. The first-order valence-corrected chi connectivity index (χ1v) is 5.69. The van der Waals surface area contributed by atoms with E-state index in [1.165, 1.54) is 19.4 Å². The lowest BCUT2D eigenvalue weighted by Crippen LogP contribution is -2.34. The number of aryl methyl sites for hydroxylation is 1. The Morgan fingerprint density at radius 2 is 1.82 bits per heavy atom. The Kier molecular flexibility index (Phi) is 3.90. The molecule has 2 aromatic heterocycles. The van der Waals surface area contributed by atoms with Gasteiger partial charge >= 0.3 is 12.1 Å². The Morgan fingerprint density at radius 1 is 1.14 bits per heavy atom. The summed E-state index contributed by atoms with van der Waals surface area (Å²) in [5, 5.41) is 10.2. The number of hydrogen-bond donors (Lipinski definition) is 0. The number of hydrogen-bond acceptors (Lipinski definition) is 5. The van der Waals surface area contributed by atoms with E-state index in [9.17, 15) is 22.0 Å². The third-order valence-corrected chi connectivity index (χ3v) is 2.57. The van der Waals surface area contributed by atoms with Gasteiger partial charge in [-0.15, -0.1) is 5.10 Å². The Balaban J connectivity index is 2.31. The van der Waals surface area contributed by atoms with Crippen LogP contribution in [0, 0.1) is 0 Å².